The molecule has 0 unspecified atom stereocenters. The van der Waals surface area contributed by atoms with E-state index in [1.165, 1.54) is 0 Å². The number of carboxylic acids is 1. The van der Waals surface area contributed by atoms with E-state index in [2.05, 4.69) is 10.6 Å². The molecule has 92 valence electrons. The highest BCUT2D eigenvalue weighted by atomic mass is 16.5. The normalized spacial score (nSPS) is 19.6. The minimum absolute atomic E-state index is 0.0953. The van der Waals surface area contributed by atoms with Crippen molar-refractivity contribution in [1.82, 2.24) is 10.6 Å². The van der Waals surface area contributed by atoms with E-state index in [1.807, 2.05) is 6.92 Å². The number of hydrogen-bond acceptors (Lipinski definition) is 4. The number of amides is 1. The summed E-state index contributed by atoms with van der Waals surface area (Å²) in [5.74, 6) is -1.41. The van der Waals surface area contributed by atoms with Crippen molar-refractivity contribution in [3.05, 3.63) is 0 Å². The maximum Gasteiger partial charge on any atom is 0.326 e. The molecule has 1 heterocycles. The van der Waals surface area contributed by atoms with E-state index in [1.54, 1.807) is 6.92 Å². The number of ether oxygens (including phenoxy) is 1. The molecule has 16 heavy (non-hydrogen) atoms. The number of carbonyl (C=O) groups excluding carboxylic acids is 1. The highest BCUT2D eigenvalue weighted by Gasteiger charge is 2.33. The van der Waals surface area contributed by atoms with Gasteiger partial charge in [0.2, 0.25) is 5.91 Å². The lowest BCUT2D eigenvalue weighted by molar-refractivity contribution is -0.145. The molecule has 6 nitrogen and oxygen atoms in total. The summed E-state index contributed by atoms with van der Waals surface area (Å²) in [6.07, 6.45) is 0.361. The predicted molar refractivity (Wildman–Crippen MR) is 57.1 cm³/mol. The fourth-order valence-corrected chi connectivity index (χ4v) is 1.39. The van der Waals surface area contributed by atoms with Crippen molar-refractivity contribution in [2.24, 2.45) is 0 Å². The maximum atomic E-state index is 11.4. The summed E-state index contributed by atoms with van der Waals surface area (Å²) >= 11 is 0. The van der Waals surface area contributed by atoms with Crippen molar-refractivity contribution >= 4 is 11.9 Å². The molecular formula is C10H18N2O4. The average Bonchev–Trinajstić information content (AvgIpc) is 2.19. The second-order valence-electron chi connectivity index (χ2n) is 4.21. The monoisotopic (exact) mass is 230 g/mol. The van der Waals surface area contributed by atoms with Gasteiger partial charge in [-0.1, -0.05) is 6.92 Å². The van der Waals surface area contributed by atoms with E-state index >= 15 is 0 Å². The van der Waals surface area contributed by atoms with Gasteiger partial charge in [-0.15, -0.1) is 0 Å². The number of aliphatic carboxylic acids is 1. The molecule has 0 saturated carbocycles. The summed E-state index contributed by atoms with van der Waals surface area (Å²) in [7, 11) is 0. The quantitative estimate of drug-likeness (QED) is 0.564. The van der Waals surface area contributed by atoms with Gasteiger partial charge in [-0.3, -0.25) is 4.79 Å². The summed E-state index contributed by atoms with van der Waals surface area (Å²) in [6.45, 7) is 4.96. The third kappa shape index (κ3) is 3.46. The molecule has 1 atom stereocenters. The third-order valence-electron chi connectivity index (χ3n) is 2.59. The average molecular weight is 230 g/mol. The van der Waals surface area contributed by atoms with Crippen LogP contribution in [0.15, 0.2) is 0 Å². The van der Waals surface area contributed by atoms with Crippen LogP contribution in [0.25, 0.3) is 0 Å². The molecule has 0 aliphatic carbocycles. The molecule has 1 fully saturated rings. The molecule has 3 N–H and O–H groups in total. The van der Waals surface area contributed by atoms with Gasteiger partial charge in [0.25, 0.3) is 0 Å². The summed E-state index contributed by atoms with van der Waals surface area (Å²) < 4.78 is 5.38. The molecule has 1 aliphatic heterocycles. The Hall–Kier alpha value is -1.14. The van der Waals surface area contributed by atoms with Crippen LogP contribution in [-0.2, 0) is 14.3 Å². The summed E-state index contributed by atoms with van der Waals surface area (Å²) in [4.78, 5) is 22.1. The molecule has 1 amide bonds. The number of carboxylic acid groups (broad SMARTS) is 1. The number of rotatable bonds is 6. The van der Waals surface area contributed by atoms with Gasteiger partial charge < -0.3 is 20.5 Å². The van der Waals surface area contributed by atoms with E-state index in [9.17, 15) is 9.59 Å². The van der Waals surface area contributed by atoms with Crippen molar-refractivity contribution in [1.29, 1.82) is 0 Å². The fourth-order valence-electron chi connectivity index (χ4n) is 1.39. The number of carbonyl (C=O) groups is 2. The summed E-state index contributed by atoms with van der Waals surface area (Å²) in [5.41, 5.74) is -0.289. The highest BCUT2D eigenvalue weighted by Crippen LogP contribution is 2.14. The van der Waals surface area contributed by atoms with Crippen molar-refractivity contribution < 1.29 is 19.4 Å². The van der Waals surface area contributed by atoms with Gasteiger partial charge in [0, 0.05) is 13.1 Å². The molecule has 1 aliphatic rings. The minimum Gasteiger partial charge on any atom is -0.480 e. The molecule has 0 aromatic carbocycles. The van der Waals surface area contributed by atoms with Crippen LogP contribution in [0.2, 0.25) is 0 Å². The Morgan fingerprint density at radius 3 is 2.56 bits per heavy atom. The Morgan fingerprint density at radius 2 is 2.19 bits per heavy atom. The van der Waals surface area contributed by atoms with E-state index in [0.29, 0.717) is 6.42 Å². The first-order chi connectivity index (χ1) is 7.47. The van der Waals surface area contributed by atoms with Crippen LogP contribution in [-0.4, -0.2) is 48.3 Å². The molecule has 0 radical (unpaired) electrons. The first kappa shape index (κ1) is 12.9. The molecule has 1 rings (SSSR count). The smallest absolute Gasteiger partial charge is 0.326 e. The first-order valence-electron chi connectivity index (χ1n) is 5.34. The molecule has 0 aromatic rings. The van der Waals surface area contributed by atoms with E-state index in [4.69, 9.17) is 9.84 Å². The van der Waals surface area contributed by atoms with Gasteiger partial charge in [-0.05, 0) is 13.3 Å². The maximum absolute atomic E-state index is 11.4. The topological polar surface area (TPSA) is 87.7 Å². The molecule has 0 spiro atoms. The number of nitrogens with one attached hydrogen (secondary N) is 2. The van der Waals surface area contributed by atoms with Crippen molar-refractivity contribution in [2.45, 2.75) is 31.9 Å². The van der Waals surface area contributed by atoms with Crippen LogP contribution in [0.4, 0.5) is 0 Å². The second-order valence-corrected chi connectivity index (χ2v) is 4.21. The first-order valence-corrected chi connectivity index (χ1v) is 5.34. The van der Waals surface area contributed by atoms with E-state index < -0.39 is 12.0 Å². The Bertz CT molecular complexity index is 276. The zero-order valence-corrected chi connectivity index (χ0v) is 9.58. The van der Waals surface area contributed by atoms with Gasteiger partial charge in [0.1, 0.15) is 12.6 Å². The van der Waals surface area contributed by atoms with E-state index in [-0.39, 0.29) is 18.1 Å². The summed E-state index contributed by atoms with van der Waals surface area (Å²) in [6, 6.07) is -0.830. The standard InChI is InChI=1S/C10H18N2O4/c1-3-7(9(14)15)12-8(13)4-16-10(2)5-11-6-10/h7,11H,3-6H2,1-2H3,(H,12,13)(H,14,15)/t7-/m1/s1. The van der Waals surface area contributed by atoms with Crippen LogP contribution in [0, 0.1) is 0 Å². The lowest BCUT2D eigenvalue weighted by atomic mass is 10.0. The third-order valence-corrected chi connectivity index (χ3v) is 2.59. The predicted octanol–water partition coefficient (Wildman–Crippen LogP) is -0.656. The van der Waals surface area contributed by atoms with Gasteiger partial charge in [0.05, 0.1) is 5.60 Å². The Kier molecular flexibility index (Phi) is 4.26. The Morgan fingerprint density at radius 1 is 1.56 bits per heavy atom. The largest absolute Gasteiger partial charge is 0.480 e. The van der Waals surface area contributed by atoms with Crippen LogP contribution in [0.1, 0.15) is 20.3 Å². The lowest BCUT2D eigenvalue weighted by Crippen LogP contribution is -2.60. The van der Waals surface area contributed by atoms with Crippen molar-refractivity contribution in [3.63, 3.8) is 0 Å². The zero-order chi connectivity index (χ0) is 12.2. The van der Waals surface area contributed by atoms with Gasteiger partial charge >= 0.3 is 5.97 Å². The van der Waals surface area contributed by atoms with Crippen LogP contribution < -0.4 is 10.6 Å². The fraction of sp³-hybridized carbons (Fsp3) is 0.800. The van der Waals surface area contributed by atoms with Crippen molar-refractivity contribution in [2.75, 3.05) is 19.7 Å². The molecule has 0 bridgehead atoms. The lowest BCUT2D eigenvalue weighted by Gasteiger charge is -2.38. The molecule has 6 heteroatoms. The molecule has 1 saturated heterocycles. The Labute approximate surface area is 94.3 Å². The SMILES string of the molecule is CC[C@@H](NC(=O)COC1(C)CNC1)C(=O)O. The minimum atomic E-state index is -1.02. The number of hydrogen-bond donors (Lipinski definition) is 3. The van der Waals surface area contributed by atoms with Gasteiger partial charge in [-0.2, -0.15) is 0 Å². The van der Waals surface area contributed by atoms with Crippen LogP contribution in [0.5, 0.6) is 0 Å². The highest BCUT2D eigenvalue weighted by molar-refractivity contribution is 5.84. The zero-order valence-electron chi connectivity index (χ0n) is 9.58. The Balaban J connectivity index is 2.27. The second kappa shape index (κ2) is 5.27. The van der Waals surface area contributed by atoms with Gasteiger partial charge in [-0.25, -0.2) is 4.79 Å². The molecule has 0 aromatic heterocycles. The van der Waals surface area contributed by atoms with Crippen molar-refractivity contribution in [3.8, 4) is 0 Å². The summed E-state index contributed by atoms with van der Waals surface area (Å²) in [5, 5.41) is 14.2. The van der Waals surface area contributed by atoms with E-state index in [0.717, 1.165) is 13.1 Å². The van der Waals surface area contributed by atoms with Gasteiger partial charge in [0.15, 0.2) is 0 Å². The van der Waals surface area contributed by atoms with Crippen LogP contribution >= 0.6 is 0 Å². The van der Waals surface area contributed by atoms with Crippen LogP contribution in [0.3, 0.4) is 0 Å². The molecular weight excluding hydrogens is 212 g/mol.